The van der Waals surface area contributed by atoms with E-state index in [1.54, 1.807) is 11.9 Å². The number of pyridine rings is 1. The molecule has 1 fully saturated rings. The van der Waals surface area contributed by atoms with Gasteiger partial charge in [0.05, 0.1) is 23.0 Å². The van der Waals surface area contributed by atoms with Crippen LogP contribution in [0.1, 0.15) is 23.2 Å². The van der Waals surface area contributed by atoms with Crippen molar-refractivity contribution in [1.82, 2.24) is 4.98 Å². The van der Waals surface area contributed by atoms with Gasteiger partial charge in [-0.25, -0.2) is 9.78 Å². The third-order valence-corrected chi connectivity index (χ3v) is 3.50. The van der Waals surface area contributed by atoms with Crippen LogP contribution < -0.4 is 10.6 Å². The summed E-state index contributed by atoms with van der Waals surface area (Å²) in [7, 11) is 1.76. The van der Waals surface area contributed by atoms with Crippen LogP contribution in [0.4, 0.5) is 11.5 Å². The normalized spacial score (nSPS) is 17.7. The zero-order valence-electron chi connectivity index (χ0n) is 11.4. The van der Waals surface area contributed by atoms with Gasteiger partial charge in [0.25, 0.3) is 0 Å². The Morgan fingerprint density at radius 3 is 2.80 bits per heavy atom. The molecule has 0 spiro atoms. The molecule has 1 aliphatic heterocycles. The molecule has 20 heavy (non-hydrogen) atoms. The number of aromatic nitrogens is 1. The lowest BCUT2D eigenvalue weighted by atomic mass is 9.94. The number of aromatic carboxylic acids is 1. The van der Waals surface area contributed by atoms with Gasteiger partial charge in [0.2, 0.25) is 0 Å². The molecule has 0 unspecified atom stereocenters. The summed E-state index contributed by atoms with van der Waals surface area (Å²) in [6, 6.07) is 1.42. The predicted molar refractivity (Wildman–Crippen MR) is 73.9 cm³/mol. The van der Waals surface area contributed by atoms with E-state index in [4.69, 9.17) is 15.6 Å². The van der Waals surface area contributed by atoms with E-state index in [1.165, 1.54) is 12.3 Å². The summed E-state index contributed by atoms with van der Waals surface area (Å²) in [6.07, 6.45) is 2.43. The van der Waals surface area contributed by atoms with E-state index in [9.17, 15) is 9.90 Å². The summed E-state index contributed by atoms with van der Waals surface area (Å²) in [6.45, 7) is 1.42. The zero-order valence-corrected chi connectivity index (χ0v) is 11.4. The Bertz CT molecular complexity index is 500. The van der Waals surface area contributed by atoms with E-state index in [0.717, 1.165) is 0 Å². The highest BCUT2D eigenvalue weighted by Crippen LogP contribution is 2.24. The third-order valence-electron chi connectivity index (χ3n) is 3.50. The van der Waals surface area contributed by atoms with Gasteiger partial charge in [-0.05, 0) is 6.07 Å². The lowest BCUT2D eigenvalue weighted by molar-refractivity contribution is -0.0573. The number of hydrogen-bond donors (Lipinski definition) is 3. The number of hydrogen-bond acceptors (Lipinski definition) is 6. The van der Waals surface area contributed by atoms with Gasteiger partial charge in [0, 0.05) is 39.6 Å². The standard InChI is InChI=1S/C13H19N3O4/c1-16(8-13(19)2-4-20-5-3-13)11-6-9(12(17)18)10(14)7-15-11/h6-7,19H,2-5,8,14H2,1H3,(H,17,18). The molecule has 0 saturated carbocycles. The fourth-order valence-electron chi connectivity index (χ4n) is 2.28. The molecular weight excluding hydrogens is 262 g/mol. The maximum absolute atomic E-state index is 11.1. The van der Waals surface area contributed by atoms with Crippen LogP contribution in [0.2, 0.25) is 0 Å². The average Bonchev–Trinajstić information content (AvgIpc) is 2.39. The number of anilines is 2. The molecule has 7 nitrogen and oxygen atoms in total. The van der Waals surface area contributed by atoms with Crippen LogP contribution in [-0.2, 0) is 4.74 Å². The third kappa shape index (κ3) is 3.17. The second-order valence-corrected chi connectivity index (χ2v) is 5.13. The van der Waals surface area contributed by atoms with E-state index in [0.29, 0.717) is 38.4 Å². The van der Waals surface area contributed by atoms with Crippen LogP contribution in [-0.4, -0.2) is 53.6 Å². The minimum Gasteiger partial charge on any atom is -0.478 e. The van der Waals surface area contributed by atoms with Crippen molar-refractivity contribution in [1.29, 1.82) is 0 Å². The minimum atomic E-state index is -1.09. The van der Waals surface area contributed by atoms with Crippen molar-refractivity contribution in [3.8, 4) is 0 Å². The molecular formula is C13H19N3O4. The second kappa shape index (κ2) is 5.64. The van der Waals surface area contributed by atoms with Gasteiger partial charge in [-0.15, -0.1) is 0 Å². The lowest BCUT2D eigenvalue weighted by Gasteiger charge is -2.35. The Labute approximate surface area is 117 Å². The van der Waals surface area contributed by atoms with Crippen LogP contribution in [0.3, 0.4) is 0 Å². The van der Waals surface area contributed by atoms with Gasteiger partial charge in [0.15, 0.2) is 0 Å². The van der Waals surface area contributed by atoms with Crippen molar-refractivity contribution in [2.75, 3.05) is 37.4 Å². The second-order valence-electron chi connectivity index (χ2n) is 5.13. The molecule has 2 heterocycles. The number of likely N-dealkylation sites (N-methyl/N-ethyl adjacent to an activating group) is 1. The number of carboxylic acids is 1. The molecule has 110 valence electrons. The summed E-state index contributed by atoms with van der Waals surface area (Å²) in [5.74, 6) is -0.624. The summed E-state index contributed by atoms with van der Waals surface area (Å²) in [4.78, 5) is 16.9. The van der Waals surface area contributed by atoms with Crippen LogP contribution in [0, 0.1) is 0 Å². The SMILES string of the molecule is CN(CC1(O)CCOCC1)c1cc(C(=O)O)c(N)cn1. The Balaban J connectivity index is 2.14. The first-order valence-corrected chi connectivity index (χ1v) is 6.41. The highest BCUT2D eigenvalue weighted by atomic mass is 16.5. The Morgan fingerprint density at radius 2 is 2.20 bits per heavy atom. The summed E-state index contributed by atoms with van der Waals surface area (Å²) in [5.41, 5.74) is 4.88. The first-order chi connectivity index (χ1) is 9.41. The number of nitrogens with zero attached hydrogens (tertiary/aromatic N) is 2. The molecule has 4 N–H and O–H groups in total. The van der Waals surface area contributed by atoms with Crippen molar-refractivity contribution in [3.05, 3.63) is 17.8 Å². The molecule has 1 aliphatic rings. The van der Waals surface area contributed by atoms with Crippen molar-refractivity contribution in [2.24, 2.45) is 0 Å². The molecule has 7 heteroatoms. The fraction of sp³-hybridized carbons (Fsp3) is 0.538. The fourth-order valence-corrected chi connectivity index (χ4v) is 2.28. The monoisotopic (exact) mass is 281 g/mol. The number of aliphatic hydroxyl groups is 1. The number of carboxylic acid groups (broad SMARTS) is 1. The molecule has 2 rings (SSSR count). The van der Waals surface area contributed by atoms with Gasteiger partial charge < -0.3 is 25.6 Å². The Hall–Kier alpha value is -1.86. The van der Waals surface area contributed by atoms with Gasteiger partial charge >= 0.3 is 5.97 Å². The van der Waals surface area contributed by atoms with Gasteiger partial charge in [-0.1, -0.05) is 0 Å². The van der Waals surface area contributed by atoms with Crippen molar-refractivity contribution in [2.45, 2.75) is 18.4 Å². The molecule has 0 atom stereocenters. The van der Waals surface area contributed by atoms with Crippen molar-refractivity contribution >= 4 is 17.5 Å². The molecule has 1 aromatic heterocycles. The number of carbonyl (C=O) groups is 1. The summed E-state index contributed by atoms with van der Waals surface area (Å²) < 4.78 is 5.23. The molecule has 0 aromatic carbocycles. The van der Waals surface area contributed by atoms with Crippen LogP contribution >= 0.6 is 0 Å². The van der Waals surface area contributed by atoms with Crippen molar-refractivity contribution < 1.29 is 19.7 Å². The molecule has 0 bridgehead atoms. The highest BCUT2D eigenvalue weighted by molar-refractivity contribution is 5.94. The smallest absolute Gasteiger partial charge is 0.337 e. The van der Waals surface area contributed by atoms with Gasteiger partial charge in [-0.2, -0.15) is 0 Å². The quantitative estimate of drug-likeness (QED) is 0.730. The number of rotatable bonds is 4. The average molecular weight is 281 g/mol. The minimum absolute atomic E-state index is 0.0146. The molecule has 1 saturated heterocycles. The summed E-state index contributed by atoms with van der Waals surface area (Å²) in [5, 5.41) is 19.5. The maximum atomic E-state index is 11.1. The van der Waals surface area contributed by atoms with Crippen LogP contribution in [0.5, 0.6) is 0 Å². The number of ether oxygens (including phenoxy) is 1. The maximum Gasteiger partial charge on any atom is 0.337 e. The van der Waals surface area contributed by atoms with E-state index in [1.807, 2.05) is 0 Å². The van der Waals surface area contributed by atoms with E-state index < -0.39 is 11.6 Å². The highest BCUT2D eigenvalue weighted by Gasteiger charge is 2.31. The number of nitrogens with two attached hydrogens (primary N) is 1. The van der Waals surface area contributed by atoms with Crippen molar-refractivity contribution in [3.63, 3.8) is 0 Å². The molecule has 0 radical (unpaired) electrons. The van der Waals surface area contributed by atoms with Gasteiger partial charge in [-0.3, -0.25) is 0 Å². The Morgan fingerprint density at radius 1 is 1.55 bits per heavy atom. The number of nitrogen functional groups attached to an aromatic ring is 1. The lowest BCUT2D eigenvalue weighted by Crippen LogP contribution is -2.46. The predicted octanol–water partition coefficient (Wildman–Crippen LogP) is 0.340. The first-order valence-electron chi connectivity index (χ1n) is 6.41. The summed E-state index contributed by atoms with van der Waals surface area (Å²) >= 11 is 0. The van der Waals surface area contributed by atoms with E-state index in [2.05, 4.69) is 4.98 Å². The van der Waals surface area contributed by atoms with Crippen LogP contribution in [0.15, 0.2) is 12.3 Å². The van der Waals surface area contributed by atoms with Crippen LogP contribution in [0.25, 0.3) is 0 Å². The van der Waals surface area contributed by atoms with E-state index in [-0.39, 0.29) is 11.3 Å². The topological polar surface area (TPSA) is 109 Å². The van der Waals surface area contributed by atoms with E-state index >= 15 is 0 Å². The molecule has 0 amide bonds. The Kier molecular flexibility index (Phi) is 4.10. The zero-order chi connectivity index (χ0) is 14.8. The first kappa shape index (κ1) is 14.5. The van der Waals surface area contributed by atoms with Gasteiger partial charge in [0.1, 0.15) is 5.82 Å². The largest absolute Gasteiger partial charge is 0.478 e. The molecule has 0 aliphatic carbocycles. The molecule has 1 aromatic rings.